The maximum absolute atomic E-state index is 12.8. The Morgan fingerprint density at radius 3 is 2.28 bits per heavy atom. The Hall–Kier alpha value is -3.42. The van der Waals surface area contributed by atoms with E-state index in [9.17, 15) is 19.7 Å². The number of hydrogen-bond donors (Lipinski definition) is 1. The second kappa shape index (κ2) is 10.7. The number of benzene rings is 3. The van der Waals surface area contributed by atoms with E-state index in [1.54, 1.807) is 48.5 Å². The van der Waals surface area contributed by atoms with Gasteiger partial charge in [0.2, 0.25) is 5.78 Å². The minimum Gasteiger partial charge on any atom is -0.482 e. The highest BCUT2D eigenvalue weighted by Gasteiger charge is 2.22. The molecule has 0 spiro atoms. The number of non-ortho nitro benzene ring substituents is 1. The quantitative estimate of drug-likeness (QED) is 0.184. The highest BCUT2D eigenvalue weighted by Crippen LogP contribution is 2.22. The number of Topliss-reactive ketones (excluding diaryl/α,β-unsaturated/α-hetero) is 1. The molecule has 3 rings (SSSR count). The van der Waals surface area contributed by atoms with Crippen molar-refractivity contribution in [3.63, 3.8) is 0 Å². The third-order valence-corrected chi connectivity index (χ3v) is 4.97. The molecule has 3 aromatic carbocycles. The summed E-state index contributed by atoms with van der Waals surface area (Å²) < 4.78 is 5.88. The summed E-state index contributed by atoms with van der Waals surface area (Å²) in [5, 5.41) is 14.0. The van der Waals surface area contributed by atoms with Crippen molar-refractivity contribution in [2.75, 3.05) is 11.2 Å². The maximum atomic E-state index is 12.8. The van der Waals surface area contributed by atoms with Gasteiger partial charge in [-0.1, -0.05) is 17.7 Å². The van der Waals surface area contributed by atoms with Gasteiger partial charge in [-0.05, 0) is 48.5 Å². The van der Waals surface area contributed by atoms with Crippen LogP contribution in [0.25, 0.3) is 0 Å². The molecule has 0 bridgehead atoms. The first kappa shape index (κ1) is 23.2. The second-order valence-corrected chi connectivity index (χ2v) is 7.56. The van der Waals surface area contributed by atoms with Crippen molar-refractivity contribution in [1.29, 1.82) is 0 Å². The third kappa shape index (κ3) is 6.06. The molecule has 1 unspecified atom stereocenters. The van der Waals surface area contributed by atoms with Crippen LogP contribution in [0.2, 0.25) is 5.02 Å². The summed E-state index contributed by atoms with van der Waals surface area (Å²) in [5.41, 5.74) is 1.05. The van der Waals surface area contributed by atoms with Crippen LogP contribution in [0.3, 0.4) is 0 Å². The molecule has 0 saturated heterocycles. The first-order chi connectivity index (χ1) is 15.4. The summed E-state index contributed by atoms with van der Waals surface area (Å²) in [6.07, 6.45) is -0.517. The zero-order valence-corrected chi connectivity index (χ0v) is 18.2. The summed E-state index contributed by atoms with van der Waals surface area (Å²) in [6.45, 7) is 0. The molecule has 0 fully saturated rings. The number of hydrogen-bond acceptors (Lipinski definition) is 5. The number of nitrogens with zero attached hydrogens (tertiary/aromatic N) is 1. The molecule has 0 aliphatic rings. The molecule has 0 radical (unpaired) electrons. The molecule has 7 nitrogen and oxygen atoms in total. The Morgan fingerprint density at radius 2 is 1.66 bits per heavy atom. The fraction of sp³-hybridized carbons (Fsp3) is 0.130. The van der Waals surface area contributed by atoms with Crippen LogP contribution in [-0.4, -0.2) is 28.6 Å². The molecule has 0 saturated carbocycles. The zero-order valence-electron chi connectivity index (χ0n) is 16.7. The number of rotatable bonds is 9. The Morgan fingerprint density at radius 1 is 1.00 bits per heavy atom. The lowest BCUT2D eigenvalue weighted by atomic mass is 10.0. The lowest BCUT2D eigenvalue weighted by Crippen LogP contribution is -2.28. The molecule has 32 heavy (non-hydrogen) atoms. The van der Waals surface area contributed by atoms with Crippen molar-refractivity contribution in [3.05, 3.63) is 99.1 Å². The van der Waals surface area contributed by atoms with Gasteiger partial charge in [-0.3, -0.25) is 19.7 Å². The molecule has 0 heterocycles. The largest absolute Gasteiger partial charge is 0.482 e. The summed E-state index contributed by atoms with van der Waals surface area (Å²) >= 11 is 11.7. The van der Waals surface area contributed by atoms with E-state index in [1.807, 2.05) is 0 Å². The van der Waals surface area contributed by atoms with Crippen LogP contribution < -0.4 is 10.1 Å². The van der Waals surface area contributed by atoms with Crippen LogP contribution >= 0.6 is 23.2 Å². The number of ketones is 1. The lowest BCUT2D eigenvalue weighted by Gasteiger charge is -2.18. The molecule has 0 aliphatic heterocycles. The standard InChI is InChI=1S/C23H18Cl2N2O5/c24-13-12-21(22(28)15-4-8-17(25)9-5-15)32-20-3-1-2-18(14-20)26-23(29)16-6-10-19(11-7-16)27(30)31/h1-11,14,21H,12-13H2,(H,26,29). The number of carbonyl (C=O) groups is 2. The molecule has 164 valence electrons. The number of anilines is 1. The maximum Gasteiger partial charge on any atom is 0.269 e. The zero-order chi connectivity index (χ0) is 23.1. The van der Waals surface area contributed by atoms with Gasteiger partial charge in [0, 0.05) is 52.3 Å². The summed E-state index contributed by atoms with van der Waals surface area (Å²) in [6, 6.07) is 18.3. The van der Waals surface area contributed by atoms with E-state index in [1.165, 1.54) is 24.3 Å². The molecule has 3 aromatic rings. The minimum absolute atomic E-state index is 0.104. The van der Waals surface area contributed by atoms with Gasteiger partial charge in [0.1, 0.15) is 5.75 Å². The van der Waals surface area contributed by atoms with Crippen molar-refractivity contribution in [1.82, 2.24) is 0 Å². The lowest BCUT2D eigenvalue weighted by molar-refractivity contribution is -0.384. The Labute approximate surface area is 194 Å². The SMILES string of the molecule is O=C(Nc1cccc(OC(CCCl)C(=O)c2ccc(Cl)cc2)c1)c1ccc([N+](=O)[O-])cc1. The van der Waals surface area contributed by atoms with Crippen LogP contribution in [-0.2, 0) is 0 Å². The first-order valence-electron chi connectivity index (χ1n) is 9.55. The predicted molar refractivity (Wildman–Crippen MR) is 123 cm³/mol. The van der Waals surface area contributed by atoms with Crippen LogP contribution in [0.1, 0.15) is 27.1 Å². The Kier molecular flexibility index (Phi) is 7.81. The smallest absolute Gasteiger partial charge is 0.269 e. The van der Waals surface area contributed by atoms with Gasteiger partial charge >= 0.3 is 0 Å². The number of alkyl halides is 1. The first-order valence-corrected chi connectivity index (χ1v) is 10.5. The summed E-state index contributed by atoms with van der Waals surface area (Å²) in [7, 11) is 0. The predicted octanol–water partition coefficient (Wildman–Crippen LogP) is 5.76. The fourth-order valence-electron chi connectivity index (χ4n) is 2.89. The average Bonchev–Trinajstić information content (AvgIpc) is 2.79. The van der Waals surface area contributed by atoms with E-state index in [-0.39, 0.29) is 22.9 Å². The van der Waals surface area contributed by atoms with E-state index in [0.717, 1.165) is 0 Å². The van der Waals surface area contributed by atoms with E-state index in [2.05, 4.69) is 5.32 Å². The molecule has 0 aliphatic carbocycles. The number of ether oxygens (including phenoxy) is 1. The summed E-state index contributed by atoms with van der Waals surface area (Å²) in [4.78, 5) is 35.5. The number of nitrogens with one attached hydrogen (secondary N) is 1. The number of carbonyl (C=O) groups excluding carboxylic acids is 2. The number of halogens is 2. The third-order valence-electron chi connectivity index (χ3n) is 4.50. The Bertz CT molecular complexity index is 1120. The number of nitro benzene ring substituents is 1. The normalized spacial score (nSPS) is 11.4. The van der Waals surface area contributed by atoms with Crippen LogP contribution in [0, 0.1) is 10.1 Å². The molecule has 0 aromatic heterocycles. The van der Waals surface area contributed by atoms with E-state index >= 15 is 0 Å². The monoisotopic (exact) mass is 472 g/mol. The van der Waals surface area contributed by atoms with Crippen molar-refractivity contribution in [3.8, 4) is 5.75 Å². The van der Waals surface area contributed by atoms with Crippen LogP contribution in [0.4, 0.5) is 11.4 Å². The van der Waals surface area contributed by atoms with Gasteiger partial charge in [0.05, 0.1) is 4.92 Å². The molecular weight excluding hydrogens is 455 g/mol. The second-order valence-electron chi connectivity index (χ2n) is 6.74. The van der Waals surface area contributed by atoms with E-state index in [0.29, 0.717) is 28.4 Å². The molecule has 1 atom stereocenters. The van der Waals surface area contributed by atoms with Gasteiger partial charge in [-0.15, -0.1) is 11.6 Å². The minimum atomic E-state index is -0.811. The van der Waals surface area contributed by atoms with Crippen molar-refractivity contribution >= 4 is 46.3 Å². The van der Waals surface area contributed by atoms with Crippen LogP contribution in [0.5, 0.6) is 5.75 Å². The average molecular weight is 473 g/mol. The van der Waals surface area contributed by atoms with Crippen molar-refractivity contribution in [2.24, 2.45) is 0 Å². The molecule has 9 heteroatoms. The van der Waals surface area contributed by atoms with Gasteiger partial charge in [0.15, 0.2) is 6.10 Å². The van der Waals surface area contributed by atoms with E-state index in [4.69, 9.17) is 27.9 Å². The van der Waals surface area contributed by atoms with Gasteiger partial charge < -0.3 is 10.1 Å². The highest BCUT2D eigenvalue weighted by molar-refractivity contribution is 6.30. The van der Waals surface area contributed by atoms with Crippen molar-refractivity contribution < 1.29 is 19.2 Å². The molecule has 1 N–H and O–H groups in total. The fourth-order valence-corrected chi connectivity index (χ4v) is 3.22. The van der Waals surface area contributed by atoms with Crippen LogP contribution in [0.15, 0.2) is 72.8 Å². The van der Waals surface area contributed by atoms with Gasteiger partial charge in [-0.2, -0.15) is 0 Å². The number of nitro groups is 1. The summed E-state index contributed by atoms with van der Waals surface area (Å²) in [5.74, 6) is -0.0706. The Balaban J connectivity index is 1.72. The molecular formula is C23H18Cl2N2O5. The number of amides is 1. The van der Waals surface area contributed by atoms with Gasteiger partial charge in [-0.25, -0.2) is 0 Å². The van der Waals surface area contributed by atoms with Gasteiger partial charge in [0.25, 0.3) is 11.6 Å². The van der Waals surface area contributed by atoms with Crippen molar-refractivity contribution in [2.45, 2.75) is 12.5 Å². The van der Waals surface area contributed by atoms with E-state index < -0.39 is 16.9 Å². The topological polar surface area (TPSA) is 98.5 Å². The molecule has 1 amide bonds. The highest BCUT2D eigenvalue weighted by atomic mass is 35.5.